The summed E-state index contributed by atoms with van der Waals surface area (Å²) in [7, 11) is 0. The highest BCUT2D eigenvalue weighted by atomic mass is 16.5. The van der Waals surface area contributed by atoms with Crippen LogP contribution in [0, 0.1) is 13.8 Å². The van der Waals surface area contributed by atoms with Gasteiger partial charge in [-0.1, -0.05) is 35.9 Å². The van der Waals surface area contributed by atoms with Gasteiger partial charge in [0.05, 0.1) is 6.04 Å². The van der Waals surface area contributed by atoms with Gasteiger partial charge in [0, 0.05) is 24.6 Å². The molecule has 5 heteroatoms. The van der Waals surface area contributed by atoms with Crippen molar-refractivity contribution in [3.8, 4) is 11.5 Å². The van der Waals surface area contributed by atoms with Crippen LogP contribution in [0.4, 0.5) is 5.82 Å². The Bertz CT molecular complexity index is 896. The standard InChI is InChI=1S/C22H24N4O/c1-15-8-10-17(11-9-15)21-18(7-5-13-27-21)25-20-14-16(2)24-22(26-20)19-6-3-4-12-23-19/h3-4,6,8-12,14,18,21H,5,7,13H2,1-2H3,(H,24,25,26)/t18-,21+/m1/s1. The van der Waals surface area contributed by atoms with E-state index in [0.29, 0.717) is 5.82 Å². The third kappa shape index (κ3) is 4.14. The molecule has 1 aliphatic rings. The number of pyridine rings is 1. The van der Waals surface area contributed by atoms with Crippen LogP contribution >= 0.6 is 0 Å². The lowest BCUT2D eigenvalue weighted by atomic mass is 9.95. The average Bonchev–Trinajstić information content (AvgIpc) is 2.69. The number of nitrogens with zero attached hydrogens (tertiary/aromatic N) is 3. The Kier molecular flexibility index (Phi) is 5.12. The molecule has 0 radical (unpaired) electrons. The van der Waals surface area contributed by atoms with E-state index in [1.165, 1.54) is 11.1 Å². The van der Waals surface area contributed by atoms with E-state index in [-0.39, 0.29) is 12.1 Å². The van der Waals surface area contributed by atoms with Crippen LogP contribution in [0.5, 0.6) is 0 Å². The zero-order valence-corrected chi connectivity index (χ0v) is 15.7. The second-order valence-corrected chi connectivity index (χ2v) is 7.03. The lowest BCUT2D eigenvalue weighted by Crippen LogP contribution is -2.34. The zero-order valence-electron chi connectivity index (χ0n) is 15.7. The molecule has 1 aromatic carbocycles. The smallest absolute Gasteiger partial charge is 0.180 e. The van der Waals surface area contributed by atoms with Crippen LogP contribution in [-0.4, -0.2) is 27.6 Å². The Labute approximate surface area is 159 Å². The average molecular weight is 360 g/mol. The summed E-state index contributed by atoms with van der Waals surface area (Å²) in [5.74, 6) is 1.46. The minimum absolute atomic E-state index is 0.0212. The second kappa shape index (κ2) is 7.84. The molecule has 27 heavy (non-hydrogen) atoms. The first kappa shape index (κ1) is 17.6. The molecule has 0 amide bonds. The summed E-state index contributed by atoms with van der Waals surface area (Å²) >= 11 is 0. The van der Waals surface area contributed by atoms with E-state index < -0.39 is 0 Å². The predicted octanol–water partition coefficient (Wildman–Crippen LogP) is 4.49. The van der Waals surface area contributed by atoms with Gasteiger partial charge in [-0.25, -0.2) is 9.97 Å². The van der Waals surface area contributed by atoms with Gasteiger partial charge < -0.3 is 10.1 Å². The number of anilines is 1. The predicted molar refractivity (Wildman–Crippen MR) is 107 cm³/mol. The number of hydrogen-bond acceptors (Lipinski definition) is 5. The summed E-state index contributed by atoms with van der Waals surface area (Å²) in [4.78, 5) is 13.6. The van der Waals surface area contributed by atoms with E-state index in [0.717, 1.165) is 36.7 Å². The van der Waals surface area contributed by atoms with E-state index in [2.05, 4.69) is 46.5 Å². The summed E-state index contributed by atoms with van der Waals surface area (Å²) in [5, 5.41) is 3.59. The fourth-order valence-corrected chi connectivity index (χ4v) is 3.46. The van der Waals surface area contributed by atoms with E-state index in [4.69, 9.17) is 9.72 Å². The maximum Gasteiger partial charge on any atom is 0.180 e. The minimum atomic E-state index is 0.0212. The van der Waals surface area contributed by atoms with Crippen LogP contribution in [0.25, 0.3) is 11.5 Å². The molecule has 0 unspecified atom stereocenters. The second-order valence-electron chi connectivity index (χ2n) is 7.03. The van der Waals surface area contributed by atoms with Crippen molar-refractivity contribution in [2.75, 3.05) is 11.9 Å². The first-order valence-corrected chi connectivity index (χ1v) is 9.41. The van der Waals surface area contributed by atoms with Crippen molar-refractivity contribution in [1.82, 2.24) is 15.0 Å². The molecule has 1 saturated heterocycles. The summed E-state index contributed by atoms with van der Waals surface area (Å²) < 4.78 is 6.12. The number of hydrogen-bond donors (Lipinski definition) is 1. The molecule has 4 rings (SSSR count). The van der Waals surface area contributed by atoms with Gasteiger partial charge in [0.2, 0.25) is 0 Å². The SMILES string of the molecule is Cc1ccc([C@@H]2OCCC[C@H]2Nc2cc(C)nc(-c3ccccn3)n2)cc1. The first-order valence-electron chi connectivity index (χ1n) is 9.41. The number of aryl methyl sites for hydroxylation is 2. The molecule has 0 spiro atoms. The maximum atomic E-state index is 6.12. The largest absolute Gasteiger partial charge is 0.371 e. The van der Waals surface area contributed by atoms with Gasteiger partial charge in [-0.15, -0.1) is 0 Å². The lowest BCUT2D eigenvalue weighted by Gasteiger charge is -2.33. The normalized spacial score (nSPS) is 19.6. The quantitative estimate of drug-likeness (QED) is 0.743. The van der Waals surface area contributed by atoms with Crippen LogP contribution in [0.15, 0.2) is 54.7 Å². The van der Waals surface area contributed by atoms with Crippen molar-refractivity contribution in [2.24, 2.45) is 0 Å². The summed E-state index contributed by atoms with van der Waals surface area (Å²) in [5.41, 5.74) is 4.15. The molecule has 3 heterocycles. The number of ether oxygens (including phenoxy) is 1. The Morgan fingerprint density at radius 3 is 2.67 bits per heavy atom. The molecular formula is C22H24N4O. The first-order chi connectivity index (χ1) is 13.2. The third-order valence-corrected chi connectivity index (χ3v) is 4.81. The molecule has 1 fully saturated rings. The highest BCUT2D eigenvalue weighted by Gasteiger charge is 2.28. The molecule has 0 aliphatic carbocycles. The molecule has 138 valence electrons. The van der Waals surface area contributed by atoms with Gasteiger partial charge >= 0.3 is 0 Å². The lowest BCUT2D eigenvalue weighted by molar-refractivity contribution is 0.00555. The van der Waals surface area contributed by atoms with E-state index in [9.17, 15) is 0 Å². The number of rotatable bonds is 4. The topological polar surface area (TPSA) is 59.9 Å². The van der Waals surface area contributed by atoms with Gasteiger partial charge in [0.1, 0.15) is 17.6 Å². The summed E-state index contributed by atoms with van der Waals surface area (Å²) in [6.45, 7) is 4.87. The molecule has 2 atom stereocenters. The molecular weight excluding hydrogens is 336 g/mol. The van der Waals surface area contributed by atoms with Crippen LogP contribution in [0.2, 0.25) is 0 Å². The van der Waals surface area contributed by atoms with Crippen molar-refractivity contribution in [3.63, 3.8) is 0 Å². The van der Waals surface area contributed by atoms with E-state index in [1.807, 2.05) is 31.2 Å². The molecule has 1 aliphatic heterocycles. The third-order valence-electron chi connectivity index (χ3n) is 4.81. The zero-order chi connectivity index (χ0) is 18.6. The van der Waals surface area contributed by atoms with Gasteiger partial charge in [-0.05, 0) is 44.4 Å². The van der Waals surface area contributed by atoms with Gasteiger partial charge in [-0.2, -0.15) is 0 Å². The van der Waals surface area contributed by atoms with Crippen molar-refractivity contribution >= 4 is 5.82 Å². The maximum absolute atomic E-state index is 6.12. The molecule has 2 aromatic heterocycles. The Balaban J connectivity index is 1.60. The Hall–Kier alpha value is -2.79. The highest BCUT2D eigenvalue weighted by molar-refractivity contribution is 5.53. The van der Waals surface area contributed by atoms with E-state index in [1.54, 1.807) is 6.20 Å². The highest BCUT2D eigenvalue weighted by Crippen LogP contribution is 2.31. The Morgan fingerprint density at radius 2 is 1.89 bits per heavy atom. The van der Waals surface area contributed by atoms with Crippen LogP contribution in [0.3, 0.4) is 0 Å². The molecule has 0 saturated carbocycles. The van der Waals surface area contributed by atoms with Gasteiger partial charge in [0.15, 0.2) is 5.82 Å². The molecule has 3 aromatic rings. The molecule has 0 bridgehead atoms. The minimum Gasteiger partial charge on any atom is -0.371 e. The van der Waals surface area contributed by atoms with Crippen molar-refractivity contribution in [3.05, 3.63) is 71.5 Å². The molecule has 1 N–H and O–H groups in total. The van der Waals surface area contributed by atoms with E-state index >= 15 is 0 Å². The van der Waals surface area contributed by atoms with Gasteiger partial charge in [-0.3, -0.25) is 4.98 Å². The van der Waals surface area contributed by atoms with Crippen molar-refractivity contribution in [2.45, 2.75) is 38.8 Å². The van der Waals surface area contributed by atoms with Crippen molar-refractivity contribution in [1.29, 1.82) is 0 Å². The van der Waals surface area contributed by atoms with Crippen LogP contribution in [-0.2, 0) is 4.74 Å². The van der Waals surface area contributed by atoms with Crippen LogP contribution in [0.1, 0.15) is 35.8 Å². The number of benzene rings is 1. The fraction of sp³-hybridized carbons (Fsp3) is 0.318. The van der Waals surface area contributed by atoms with Gasteiger partial charge in [0.25, 0.3) is 0 Å². The summed E-state index contributed by atoms with van der Waals surface area (Å²) in [6, 6.07) is 16.5. The number of aromatic nitrogens is 3. The number of nitrogens with one attached hydrogen (secondary N) is 1. The fourth-order valence-electron chi connectivity index (χ4n) is 3.46. The Morgan fingerprint density at radius 1 is 1.04 bits per heavy atom. The van der Waals surface area contributed by atoms with Crippen LogP contribution < -0.4 is 5.32 Å². The molecule has 5 nitrogen and oxygen atoms in total. The van der Waals surface area contributed by atoms with Crippen molar-refractivity contribution < 1.29 is 4.74 Å². The summed E-state index contributed by atoms with van der Waals surface area (Å²) in [6.07, 6.45) is 3.86. The monoisotopic (exact) mass is 360 g/mol.